The van der Waals surface area contributed by atoms with Gasteiger partial charge < -0.3 is 10.3 Å². The standard InChI is InChI=1S/C24H22FN7O/c1-4-17(30-22-20-21(27-11-26-20)28-12-29-22)23-31-18-9-8-15(25)10-16(18)24(33)32(23)19-7-5-6-13(2)14(19)3/h5-12,17H,4H2,1-3H3,(H2,26,27,28,29,30)/t17-/m0/s1. The number of hydrogen-bond acceptors (Lipinski definition) is 6. The van der Waals surface area contributed by atoms with E-state index in [1.165, 1.54) is 24.5 Å². The molecule has 3 heterocycles. The number of aryl methyl sites for hydroxylation is 1. The van der Waals surface area contributed by atoms with Crippen LogP contribution in [0.1, 0.15) is 36.3 Å². The molecule has 0 saturated heterocycles. The van der Waals surface area contributed by atoms with Crippen LogP contribution in [0.2, 0.25) is 0 Å². The van der Waals surface area contributed by atoms with Crippen molar-refractivity contribution in [2.45, 2.75) is 33.2 Å². The summed E-state index contributed by atoms with van der Waals surface area (Å²) in [5, 5.41) is 3.63. The third-order valence-corrected chi connectivity index (χ3v) is 5.93. The maximum atomic E-state index is 14.0. The van der Waals surface area contributed by atoms with E-state index in [9.17, 15) is 9.18 Å². The van der Waals surface area contributed by atoms with Crippen LogP contribution in [0.5, 0.6) is 0 Å². The second-order valence-corrected chi connectivity index (χ2v) is 7.92. The average Bonchev–Trinajstić information content (AvgIpc) is 3.30. The van der Waals surface area contributed by atoms with Crippen molar-refractivity contribution >= 4 is 27.9 Å². The van der Waals surface area contributed by atoms with Crippen molar-refractivity contribution in [1.82, 2.24) is 29.5 Å². The summed E-state index contributed by atoms with van der Waals surface area (Å²) in [6, 6.07) is 9.49. The summed E-state index contributed by atoms with van der Waals surface area (Å²) in [6.45, 7) is 5.95. The molecular formula is C24H22FN7O. The summed E-state index contributed by atoms with van der Waals surface area (Å²) >= 11 is 0. The highest BCUT2D eigenvalue weighted by molar-refractivity contribution is 5.82. The van der Waals surface area contributed by atoms with Gasteiger partial charge in [0.2, 0.25) is 0 Å². The Labute approximate surface area is 188 Å². The number of fused-ring (bicyclic) bond motifs is 2. The number of benzene rings is 2. The summed E-state index contributed by atoms with van der Waals surface area (Å²) in [7, 11) is 0. The lowest BCUT2D eigenvalue weighted by atomic mass is 10.1. The first kappa shape index (κ1) is 20.7. The number of H-pyrrole nitrogens is 1. The molecule has 1 atom stereocenters. The number of aromatic nitrogens is 6. The highest BCUT2D eigenvalue weighted by Crippen LogP contribution is 2.27. The van der Waals surface area contributed by atoms with Gasteiger partial charge in [0.05, 0.1) is 29.0 Å². The van der Waals surface area contributed by atoms with Crippen molar-refractivity contribution in [3.63, 3.8) is 0 Å². The van der Waals surface area contributed by atoms with Gasteiger partial charge in [-0.1, -0.05) is 19.1 Å². The molecule has 2 aromatic carbocycles. The number of nitrogens with one attached hydrogen (secondary N) is 2. The summed E-state index contributed by atoms with van der Waals surface area (Å²) < 4.78 is 15.6. The fraction of sp³-hybridized carbons (Fsp3) is 0.208. The fourth-order valence-corrected chi connectivity index (χ4v) is 4.01. The Hall–Kier alpha value is -4.14. The summed E-state index contributed by atoms with van der Waals surface area (Å²) in [4.78, 5) is 34.3. The number of imidazole rings is 1. The van der Waals surface area contributed by atoms with Crippen molar-refractivity contribution in [1.29, 1.82) is 0 Å². The molecule has 0 bridgehead atoms. The van der Waals surface area contributed by atoms with Gasteiger partial charge in [0.1, 0.15) is 23.5 Å². The van der Waals surface area contributed by atoms with Gasteiger partial charge in [0, 0.05) is 0 Å². The number of rotatable bonds is 5. The largest absolute Gasteiger partial charge is 0.358 e. The molecule has 5 rings (SSSR count). The van der Waals surface area contributed by atoms with E-state index in [0.717, 1.165) is 11.1 Å². The second-order valence-electron chi connectivity index (χ2n) is 7.92. The van der Waals surface area contributed by atoms with Gasteiger partial charge in [-0.05, 0) is 55.7 Å². The van der Waals surface area contributed by atoms with Crippen molar-refractivity contribution in [2.75, 3.05) is 5.32 Å². The van der Waals surface area contributed by atoms with Gasteiger partial charge in [-0.15, -0.1) is 0 Å². The summed E-state index contributed by atoms with van der Waals surface area (Å²) in [5.41, 5.74) is 4.02. The van der Waals surface area contributed by atoms with E-state index < -0.39 is 5.82 Å². The van der Waals surface area contributed by atoms with Crippen molar-refractivity contribution in [2.24, 2.45) is 0 Å². The Morgan fingerprint density at radius 2 is 2.00 bits per heavy atom. The minimum Gasteiger partial charge on any atom is -0.358 e. The maximum absolute atomic E-state index is 14.0. The van der Waals surface area contributed by atoms with Gasteiger partial charge in [-0.3, -0.25) is 9.36 Å². The third-order valence-electron chi connectivity index (χ3n) is 5.93. The number of aromatic amines is 1. The zero-order chi connectivity index (χ0) is 23.1. The normalized spacial score (nSPS) is 12.4. The summed E-state index contributed by atoms with van der Waals surface area (Å²) in [5.74, 6) is 0.598. The molecule has 2 N–H and O–H groups in total. The van der Waals surface area contributed by atoms with Gasteiger partial charge in [-0.2, -0.15) is 0 Å². The number of hydrogen-bond donors (Lipinski definition) is 2. The van der Waals surface area contributed by atoms with Crippen molar-refractivity contribution in [3.8, 4) is 5.69 Å². The monoisotopic (exact) mass is 443 g/mol. The first-order valence-electron chi connectivity index (χ1n) is 10.7. The Balaban J connectivity index is 1.76. The predicted octanol–water partition coefficient (Wildman–Crippen LogP) is 4.37. The van der Waals surface area contributed by atoms with Gasteiger partial charge in [0.15, 0.2) is 11.5 Å². The third kappa shape index (κ3) is 3.51. The Morgan fingerprint density at radius 3 is 2.82 bits per heavy atom. The topological polar surface area (TPSA) is 101 Å². The maximum Gasteiger partial charge on any atom is 0.266 e. The van der Waals surface area contributed by atoms with E-state index in [-0.39, 0.29) is 17.0 Å². The minimum atomic E-state index is -0.477. The van der Waals surface area contributed by atoms with Crippen LogP contribution in [-0.4, -0.2) is 29.5 Å². The molecule has 0 spiro atoms. The van der Waals surface area contributed by atoms with Crippen molar-refractivity contribution < 1.29 is 4.39 Å². The molecule has 9 heteroatoms. The smallest absolute Gasteiger partial charge is 0.266 e. The lowest BCUT2D eigenvalue weighted by molar-refractivity contribution is 0.628. The molecule has 0 saturated carbocycles. The Kier molecular flexibility index (Phi) is 5.08. The van der Waals surface area contributed by atoms with Crippen LogP contribution in [0.25, 0.3) is 27.8 Å². The van der Waals surface area contributed by atoms with Crippen LogP contribution in [-0.2, 0) is 0 Å². The quantitative estimate of drug-likeness (QED) is 0.418. The number of halogens is 1. The first-order valence-corrected chi connectivity index (χ1v) is 10.7. The molecule has 0 radical (unpaired) electrons. The van der Waals surface area contributed by atoms with E-state index >= 15 is 0 Å². The number of nitrogens with zero attached hydrogens (tertiary/aromatic N) is 5. The van der Waals surface area contributed by atoms with E-state index in [4.69, 9.17) is 4.98 Å². The summed E-state index contributed by atoms with van der Waals surface area (Å²) in [6.07, 6.45) is 3.61. The lowest BCUT2D eigenvalue weighted by Crippen LogP contribution is -2.29. The van der Waals surface area contributed by atoms with Crippen LogP contribution in [0, 0.1) is 19.7 Å². The van der Waals surface area contributed by atoms with Crippen LogP contribution < -0.4 is 10.9 Å². The molecule has 0 amide bonds. The minimum absolute atomic E-state index is 0.229. The number of anilines is 1. The van der Waals surface area contributed by atoms with E-state index in [1.54, 1.807) is 10.9 Å². The molecule has 0 fully saturated rings. The zero-order valence-corrected chi connectivity index (χ0v) is 18.4. The fourth-order valence-electron chi connectivity index (χ4n) is 4.01. The van der Waals surface area contributed by atoms with Gasteiger partial charge >= 0.3 is 0 Å². The highest BCUT2D eigenvalue weighted by atomic mass is 19.1. The zero-order valence-electron chi connectivity index (χ0n) is 18.4. The van der Waals surface area contributed by atoms with Crippen LogP contribution in [0.4, 0.5) is 10.2 Å². The average molecular weight is 443 g/mol. The van der Waals surface area contributed by atoms with Crippen LogP contribution in [0.15, 0.2) is 53.8 Å². The first-order chi connectivity index (χ1) is 16.0. The molecular weight excluding hydrogens is 421 g/mol. The molecule has 166 valence electrons. The molecule has 0 unspecified atom stereocenters. The van der Waals surface area contributed by atoms with Crippen LogP contribution >= 0.6 is 0 Å². The SMILES string of the molecule is CC[C@H](Nc1ncnc2nc[nH]c12)c1nc2ccc(F)cc2c(=O)n1-c1cccc(C)c1C. The van der Waals surface area contributed by atoms with E-state index in [2.05, 4.69) is 25.3 Å². The lowest BCUT2D eigenvalue weighted by Gasteiger charge is -2.23. The molecule has 0 aliphatic rings. The molecule has 8 nitrogen and oxygen atoms in total. The molecule has 0 aliphatic carbocycles. The predicted molar refractivity (Wildman–Crippen MR) is 125 cm³/mol. The van der Waals surface area contributed by atoms with E-state index in [1.807, 2.05) is 39.0 Å². The van der Waals surface area contributed by atoms with Crippen molar-refractivity contribution in [3.05, 3.63) is 82.2 Å². The van der Waals surface area contributed by atoms with Crippen LogP contribution in [0.3, 0.4) is 0 Å². The second kappa shape index (κ2) is 8.09. The van der Waals surface area contributed by atoms with E-state index in [0.29, 0.717) is 40.4 Å². The molecule has 0 aliphatic heterocycles. The molecule has 33 heavy (non-hydrogen) atoms. The Bertz CT molecular complexity index is 1560. The Morgan fingerprint density at radius 1 is 1.15 bits per heavy atom. The van der Waals surface area contributed by atoms with Gasteiger partial charge in [0.25, 0.3) is 5.56 Å². The van der Waals surface area contributed by atoms with Gasteiger partial charge in [-0.25, -0.2) is 24.3 Å². The molecule has 3 aromatic heterocycles. The highest BCUT2D eigenvalue weighted by Gasteiger charge is 2.23. The molecule has 5 aromatic rings.